The molecule has 2 aromatic heterocycles. The third-order valence-corrected chi connectivity index (χ3v) is 8.31. The largest absolute Gasteiger partial charge is 0.473 e. The van der Waals surface area contributed by atoms with E-state index in [0.717, 1.165) is 24.3 Å². The number of morpholine rings is 1. The molecule has 0 aliphatic carbocycles. The number of rotatable bonds is 6. The zero-order chi connectivity index (χ0) is 26.2. The van der Waals surface area contributed by atoms with Crippen molar-refractivity contribution in [3.8, 4) is 5.88 Å². The fourth-order valence-corrected chi connectivity index (χ4v) is 6.36. The Hall–Kier alpha value is -2.59. The summed E-state index contributed by atoms with van der Waals surface area (Å²) < 4.78 is 13.0. The first kappa shape index (κ1) is 26.0. The Morgan fingerprint density at radius 2 is 1.92 bits per heavy atom. The van der Waals surface area contributed by atoms with Crippen LogP contribution in [-0.2, 0) is 19.9 Å². The number of Topliss-reactive ketones (excluding diaryl/α,β-unsaturated/α-hetero) is 1. The molecule has 2 saturated heterocycles. The lowest BCUT2D eigenvalue weighted by Crippen LogP contribution is -2.54. The van der Waals surface area contributed by atoms with Crippen molar-refractivity contribution < 1.29 is 19.1 Å². The fraction of sp³-hybridized carbons (Fsp3) is 0.370. The van der Waals surface area contributed by atoms with Gasteiger partial charge < -0.3 is 14.4 Å². The van der Waals surface area contributed by atoms with E-state index in [1.54, 1.807) is 24.3 Å². The van der Waals surface area contributed by atoms with Crippen LogP contribution in [0.4, 0.5) is 5.69 Å². The number of thiophene rings is 1. The first-order valence-corrected chi connectivity index (χ1v) is 13.9. The normalized spacial score (nSPS) is 22.6. The lowest BCUT2D eigenvalue weighted by molar-refractivity contribution is -0.142. The summed E-state index contributed by atoms with van der Waals surface area (Å²) >= 11 is 12.6. The van der Waals surface area contributed by atoms with Gasteiger partial charge in [0.15, 0.2) is 5.78 Å². The summed E-state index contributed by atoms with van der Waals surface area (Å²) in [6.07, 6.45) is -0.120. The number of nitrogens with zero attached hydrogens (tertiary/aromatic N) is 3. The quantitative estimate of drug-likeness (QED) is 0.336. The van der Waals surface area contributed by atoms with Crippen LogP contribution in [0.1, 0.15) is 43.0 Å². The minimum atomic E-state index is -1.20. The monoisotopic (exact) mass is 557 g/mol. The Labute approximate surface area is 230 Å². The van der Waals surface area contributed by atoms with E-state index >= 15 is 0 Å². The van der Waals surface area contributed by atoms with Crippen LogP contribution in [0, 0.1) is 0 Å². The van der Waals surface area contributed by atoms with Gasteiger partial charge in [-0.1, -0.05) is 42.6 Å². The van der Waals surface area contributed by atoms with Crippen LogP contribution in [-0.4, -0.2) is 53.4 Å². The summed E-state index contributed by atoms with van der Waals surface area (Å²) in [7, 11) is 0. The van der Waals surface area contributed by atoms with Gasteiger partial charge in [0.2, 0.25) is 11.8 Å². The van der Waals surface area contributed by atoms with Crippen LogP contribution in [0.3, 0.4) is 0 Å². The van der Waals surface area contributed by atoms with Crippen LogP contribution >= 0.6 is 35.8 Å². The molecule has 37 heavy (non-hydrogen) atoms. The maximum Gasteiger partial charge on any atom is 0.248 e. The highest BCUT2D eigenvalue weighted by atomic mass is 35.5. The second-order valence-electron chi connectivity index (χ2n) is 9.41. The van der Waals surface area contributed by atoms with E-state index in [1.807, 2.05) is 42.8 Å². The number of amides is 1. The fourth-order valence-electron chi connectivity index (χ4n) is 4.98. The molecule has 0 spiro atoms. The summed E-state index contributed by atoms with van der Waals surface area (Å²) in [6.45, 7) is 6.58. The van der Waals surface area contributed by atoms with Crippen molar-refractivity contribution >= 4 is 53.1 Å². The number of hydrogen-bond donors (Lipinski definition) is 1. The Morgan fingerprint density at radius 3 is 2.59 bits per heavy atom. The van der Waals surface area contributed by atoms with Crippen molar-refractivity contribution in [1.29, 1.82) is 0 Å². The van der Waals surface area contributed by atoms with Crippen LogP contribution in [0.2, 0.25) is 5.02 Å². The molecular weight excluding hydrogens is 530 g/mol. The number of carbonyl (C=O) groups is 2. The summed E-state index contributed by atoms with van der Waals surface area (Å²) in [5.74, 6) is -1.25. The molecule has 2 aliphatic heterocycles. The first-order chi connectivity index (χ1) is 17.8. The second-order valence-corrected chi connectivity index (χ2v) is 11.0. The smallest absolute Gasteiger partial charge is 0.248 e. The lowest BCUT2D eigenvalue weighted by Gasteiger charge is -2.45. The summed E-state index contributed by atoms with van der Waals surface area (Å²) in [6, 6.07) is 12.7. The third kappa shape index (κ3) is 4.74. The number of aromatic nitrogens is 1. The molecule has 0 N–H and O–H groups in total. The highest BCUT2D eigenvalue weighted by Gasteiger charge is 2.54. The van der Waals surface area contributed by atoms with Crippen LogP contribution in [0.25, 0.3) is 0 Å². The minimum absolute atomic E-state index is 0.000116. The van der Waals surface area contributed by atoms with Crippen molar-refractivity contribution in [2.45, 2.75) is 37.8 Å². The van der Waals surface area contributed by atoms with Crippen molar-refractivity contribution in [2.75, 3.05) is 31.2 Å². The van der Waals surface area contributed by atoms with Gasteiger partial charge in [-0.15, -0.1) is 0 Å². The Kier molecular flexibility index (Phi) is 7.49. The molecule has 2 unspecified atom stereocenters. The molecule has 194 valence electrons. The highest BCUT2D eigenvalue weighted by Crippen LogP contribution is 2.48. The number of pyridine rings is 1. The van der Waals surface area contributed by atoms with Gasteiger partial charge >= 0.3 is 0 Å². The average molecular weight is 558 g/mol. The minimum Gasteiger partial charge on any atom is -0.473 e. The molecule has 2 fully saturated rings. The molecule has 2 atom stereocenters. The van der Waals surface area contributed by atoms with Gasteiger partial charge in [0.25, 0.3) is 0 Å². The second kappa shape index (κ2) is 10.6. The first-order valence-electron chi connectivity index (χ1n) is 12.2. The summed E-state index contributed by atoms with van der Waals surface area (Å²) in [4.78, 5) is 34.7. The molecule has 0 bridgehead atoms. The number of anilines is 1. The maximum atomic E-state index is 13.8. The SMILES string of the molecule is CC(C)Oc1nc(C2(c3ccsc3)CC(=O)C(c3ccccc3Cl)C(=O)N2S)ccc1N1CCOCC1. The lowest BCUT2D eigenvalue weighted by atomic mass is 9.74. The van der Waals surface area contributed by atoms with Gasteiger partial charge in [-0.05, 0) is 60.0 Å². The number of halogens is 1. The predicted octanol–water partition coefficient (Wildman–Crippen LogP) is 5.09. The van der Waals surface area contributed by atoms with Crippen LogP contribution in [0.15, 0.2) is 53.2 Å². The molecule has 0 saturated carbocycles. The van der Waals surface area contributed by atoms with Gasteiger partial charge in [0.1, 0.15) is 17.1 Å². The molecule has 1 aromatic carbocycles. The highest BCUT2D eigenvalue weighted by molar-refractivity contribution is 7.78. The molecule has 7 nitrogen and oxygen atoms in total. The number of benzene rings is 1. The molecule has 0 radical (unpaired) electrons. The molecule has 1 amide bonds. The maximum absolute atomic E-state index is 13.8. The van der Waals surface area contributed by atoms with Crippen LogP contribution in [0.5, 0.6) is 5.88 Å². The van der Waals surface area contributed by atoms with E-state index < -0.39 is 17.4 Å². The van der Waals surface area contributed by atoms with Gasteiger partial charge in [-0.25, -0.2) is 4.98 Å². The molecule has 2 aliphatic rings. The molecule has 4 heterocycles. The molecular formula is C27H28ClN3O4S2. The number of thiol groups is 1. The van der Waals surface area contributed by atoms with E-state index in [1.165, 1.54) is 15.6 Å². The van der Waals surface area contributed by atoms with E-state index in [2.05, 4.69) is 4.90 Å². The molecule has 10 heteroatoms. The number of hydrogen-bond acceptors (Lipinski definition) is 8. The Morgan fingerprint density at radius 1 is 1.16 bits per heavy atom. The predicted molar refractivity (Wildman–Crippen MR) is 148 cm³/mol. The van der Waals surface area contributed by atoms with E-state index in [0.29, 0.717) is 35.4 Å². The van der Waals surface area contributed by atoms with Crippen molar-refractivity contribution in [2.24, 2.45) is 0 Å². The zero-order valence-corrected chi connectivity index (χ0v) is 23.1. The van der Waals surface area contributed by atoms with Crippen molar-refractivity contribution in [3.05, 3.63) is 75.1 Å². The molecule has 5 rings (SSSR count). The average Bonchev–Trinajstić information content (AvgIpc) is 3.43. The number of ketones is 1. The van der Waals surface area contributed by atoms with Crippen LogP contribution < -0.4 is 9.64 Å². The van der Waals surface area contributed by atoms with Gasteiger partial charge in [0.05, 0.1) is 25.0 Å². The van der Waals surface area contributed by atoms with Gasteiger partial charge in [-0.2, -0.15) is 11.3 Å². The summed E-state index contributed by atoms with van der Waals surface area (Å²) in [5.41, 5.74) is 1.43. The summed E-state index contributed by atoms with van der Waals surface area (Å²) in [5, 5.41) is 4.22. The van der Waals surface area contributed by atoms with E-state index in [4.69, 9.17) is 38.9 Å². The molecule has 3 aromatic rings. The van der Waals surface area contributed by atoms with Gasteiger partial charge in [-0.3, -0.25) is 13.9 Å². The third-order valence-electron chi connectivity index (χ3n) is 6.75. The van der Waals surface area contributed by atoms with Gasteiger partial charge in [0, 0.05) is 24.5 Å². The van der Waals surface area contributed by atoms with E-state index in [-0.39, 0.29) is 18.3 Å². The number of ether oxygens (including phenoxy) is 2. The Bertz CT molecular complexity index is 1300. The number of carbonyl (C=O) groups excluding carboxylic acids is 2. The van der Waals surface area contributed by atoms with Crippen molar-refractivity contribution in [3.63, 3.8) is 0 Å². The number of piperidine rings is 1. The standard InChI is InChI=1S/C27H28ClN3O4S2/c1-17(2)35-25-21(30-10-12-34-13-11-30)7-8-23(29-25)27(18-9-14-37-16-18)15-22(32)24(26(33)31(27)36)19-5-3-4-6-20(19)28/h3-9,14,16-17,24,36H,10-13,15H2,1-2H3. The Balaban J connectivity index is 1.63. The van der Waals surface area contributed by atoms with Crippen molar-refractivity contribution in [1.82, 2.24) is 9.29 Å². The van der Waals surface area contributed by atoms with E-state index in [9.17, 15) is 9.59 Å². The zero-order valence-electron chi connectivity index (χ0n) is 20.6. The topological polar surface area (TPSA) is 72.0 Å².